The maximum atomic E-state index is 4.54. The van der Waals surface area contributed by atoms with Crippen molar-refractivity contribution in [2.24, 2.45) is 0 Å². The van der Waals surface area contributed by atoms with E-state index in [0.717, 1.165) is 11.8 Å². The van der Waals surface area contributed by atoms with E-state index in [-0.39, 0.29) is 0 Å². The maximum Gasteiger partial charge on any atom is 0.0302 e. The van der Waals surface area contributed by atoms with E-state index < -0.39 is 0 Å². The molecule has 2 saturated carbocycles. The Labute approximate surface area is 111 Å². The lowest BCUT2D eigenvalue weighted by Crippen LogP contribution is -2.08. The first-order valence-corrected chi connectivity index (χ1v) is 7.88. The van der Waals surface area contributed by atoms with Crippen molar-refractivity contribution in [1.82, 2.24) is 4.98 Å². The molecule has 0 radical (unpaired) electrons. The maximum absolute atomic E-state index is 4.54. The highest BCUT2D eigenvalue weighted by atomic mass is 14.6. The summed E-state index contributed by atoms with van der Waals surface area (Å²) < 4.78 is 0. The highest BCUT2D eigenvalue weighted by Crippen LogP contribution is 2.36. The molecule has 0 aliphatic heterocycles. The molecule has 0 aromatic carbocycles. The van der Waals surface area contributed by atoms with Crippen molar-refractivity contribution in [3.63, 3.8) is 0 Å². The van der Waals surface area contributed by atoms with Crippen LogP contribution in [0.2, 0.25) is 0 Å². The molecule has 1 aromatic rings. The first-order valence-electron chi connectivity index (χ1n) is 7.88. The number of hydrogen-bond acceptors (Lipinski definition) is 1. The molecule has 0 saturated heterocycles. The summed E-state index contributed by atoms with van der Waals surface area (Å²) in [4.78, 5) is 4.54. The molecule has 0 N–H and O–H groups in total. The summed E-state index contributed by atoms with van der Waals surface area (Å²) in [5.41, 5.74) is 3.05. The number of hydrogen-bond donors (Lipinski definition) is 0. The third-order valence-corrected chi connectivity index (χ3v) is 4.93. The van der Waals surface area contributed by atoms with E-state index in [4.69, 9.17) is 0 Å². The van der Waals surface area contributed by atoms with Crippen LogP contribution in [-0.4, -0.2) is 4.98 Å². The van der Waals surface area contributed by atoms with Gasteiger partial charge in [-0.2, -0.15) is 0 Å². The minimum Gasteiger partial charge on any atom is -0.264 e. The van der Waals surface area contributed by atoms with Crippen LogP contribution in [0.1, 0.15) is 87.2 Å². The SMILES string of the molecule is c1ncc(C2CCCCC2)cc1C1CCCCC1. The molecule has 3 rings (SSSR count). The average molecular weight is 243 g/mol. The van der Waals surface area contributed by atoms with E-state index in [1.165, 1.54) is 75.3 Å². The molecule has 2 aliphatic rings. The van der Waals surface area contributed by atoms with Crippen molar-refractivity contribution in [2.75, 3.05) is 0 Å². The molecule has 2 aliphatic carbocycles. The fourth-order valence-corrected chi connectivity index (χ4v) is 3.79. The summed E-state index contributed by atoms with van der Waals surface area (Å²) in [6.45, 7) is 0. The molecule has 2 fully saturated rings. The third kappa shape index (κ3) is 2.76. The van der Waals surface area contributed by atoms with E-state index in [1.54, 1.807) is 0 Å². The molecule has 1 heterocycles. The molecule has 18 heavy (non-hydrogen) atoms. The van der Waals surface area contributed by atoms with Gasteiger partial charge in [-0.3, -0.25) is 4.98 Å². The van der Waals surface area contributed by atoms with Crippen LogP contribution in [0.3, 0.4) is 0 Å². The molecule has 0 bridgehead atoms. The summed E-state index contributed by atoms with van der Waals surface area (Å²) in [6.07, 6.45) is 18.3. The zero-order valence-electron chi connectivity index (χ0n) is 11.4. The largest absolute Gasteiger partial charge is 0.264 e. The quantitative estimate of drug-likeness (QED) is 0.697. The highest BCUT2D eigenvalue weighted by molar-refractivity contribution is 5.25. The first-order chi connectivity index (χ1) is 8.93. The Hall–Kier alpha value is -0.850. The Morgan fingerprint density at radius 1 is 0.667 bits per heavy atom. The normalized spacial score (nSPS) is 23.1. The van der Waals surface area contributed by atoms with Crippen LogP contribution in [0.5, 0.6) is 0 Å². The Morgan fingerprint density at radius 3 is 1.56 bits per heavy atom. The Kier molecular flexibility index (Phi) is 3.97. The summed E-state index contributed by atoms with van der Waals surface area (Å²) in [7, 11) is 0. The van der Waals surface area contributed by atoms with Crippen LogP contribution < -0.4 is 0 Å². The van der Waals surface area contributed by atoms with Crippen LogP contribution in [0, 0.1) is 0 Å². The van der Waals surface area contributed by atoms with Gasteiger partial charge in [-0.1, -0.05) is 44.6 Å². The zero-order valence-corrected chi connectivity index (χ0v) is 11.4. The topological polar surface area (TPSA) is 12.9 Å². The smallest absolute Gasteiger partial charge is 0.0302 e. The molecule has 0 amide bonds. The van der Waals surface area contributed by atoms with Gasteiger partial charge in [0.25, 0.3) is 0 Å². The van der Waals surface area contributed by atoms with Gasteiger partial charge in [0.2, 0.25) is 0 Å². The molecular formula is C17H25N. The van der Waals surface area contributed by atoms with Gasteiger partial charge in [-0.15, -0.1) is 0 Å². The van der Waals surface area contributed by atoms with Crippen molar-refractivity contribution in [2.45, 2.75) is 76.0 Å². The fourth-order valence-electron chi connectivity index (χ4n) is 3.79. The number of aromatic nitrogens is 1. The summed E-state index contributed by atoms with van der Waals surface area (Å²) in [5.74, 6) is 1.60. The molecule has 1 heteroatoms. The van der Waals surface area contributed by atoms with Gasteiger partial charge in [0.15, 0.2) is 0 Å². The van der Waals surface area contributed by atoms with Gasteiger partial charge >= 0.3 is 0 Å². The predicted octanol–water partition coefficient (Wildman–Crippen LogP) is 5.18. The lowest BCUT2D eigenvalue weighted by Gasteiger charge is -2.25. The van der Waals surface area contributed by atoms with Gasteiger partial charge in [0.05, 0.1) is 0 Å². The van der Waals surface area contributed by atoms with Gasteiger partial charge in [-0.25, -0.2) is 0 Å². The Bertz CT molecular complexity index is 340. The molecular weight excluding hydrogens is 218 g/mol. The van der Waals surface area contributed by atoms with Gasteiger partial charge in [0, 0.05) is 12.4 Å². The second-order valence-corrected chi connectivity index (χ2v) is 6.22. The Morgan fingerprint density at radius 2 is 1.11 bits per heavy atom. The van der Waals surface area contributed by atoms with E-state index >= 15 is 0 Å². The lowest BCUT2D eigenvalue weighted by atomic mass is 9.81. The molecule has 1 aromatic heterocycles. The van der Waals surface area contributed by atoms with E-state index in [9.17, 15) is 0 Å². The summed E-state index contributed by atoms with van der Waals surface area (Å²) in [5, 5.41) is 0. The molecule has 0 unspecified atom stereocenters. The summed E-state index contributed by atoms with van der Waals surface area (Å²) >= 11 is 0. The average Bonchev–Trinajstić information content (AvgIpc) is 2.49. The van der Waals surface area contributed by atoms with E-state index in [1.807, 2.05) is 0 Å². The standard InChI is InChI=1S/C17H25N/c1-3-7-14(8-4-1)16-11-17(13-18-12-16)15-9-5-2-6-10-15/h11-15H,1-10H2. The lowest BCUT2D eigenvalue weighted by molar-refractivity contribution is 0.434. The predicted molar refractivity (Wildman–Crippen MR) is 75.9 cm³/mol. The number of pyridine rings is 1. The number of rotatable bonds is 2. The zero-order chi connectivity index (χ0) is 12.2. The van der Waals surface area contributed by atoms with Gasteiger partial charge in [0.1, 0.15) is 0 Å². The third-order valence-electron chi connectivity index (χ3n) is 4.93. The minimum absolute atomic E-state index is 0.801. The van der Waals surface area contributed by atoms with Crippen molar-refractivity contribution >= 4 is 0 Å². The Balaban J connectivity index is 1.75. The molecule has 1 nitrogen and oxygen atoms in total. The molecule has 98 valence electrons. The van der Waals surface area contributed by atoms with Crippen molar-refractivity contribution in [1.29, 1.82) is 0 Å². The van der Waals surface area contributed by atoms with Crippen molar-refractivity contribution < 1.29 is 0 Å². The van der Waals surface area contributed by atoms with Crippen LogP contribution in [0.4, 0.5) is 0 Å². The van der Waals surface area contributed by atoms with Crippen LogP contribution in [-0.2, 0) is 0 Å². The van der Waals surface area contributed by atoms with Crippen LogP contribution >= 0.6 is 0 Å². The van der Waals surface area contributed by atoms with Crippen LogP contribution in [0.25, 0.3) is 0 Å². The monoisotopic (exact) mass is 243 g/mol. The molecule has 0 spiro atoms. The second-order valence-electron chi connectivity index (χ2n) is 6.22. The first kappa shape index (κ1) is 12.2. The fraction of sp³-hybridized carbons (Fsp3) is 0.706. The summed E-state index contributed by atoms with van der Waals surface area (Å²) in [6, 6.07) is 2.49. The van der Waals surface area contributed by atoms with Gasteiger partial charge < -0.3 is 0 Å². The van der Waals surface area contributed by atoms with Crippen molar-refractivity contribution in [3.05, 3.63) is 29.6 Å². The van der Waals surface area contributed by atoms with E-state index in [2.05, 4.69) is 23.4 Å². The molecule has 0 atom stereocenters. The van der Waals surface area contributed by atoms with E-state index in [0.29, 0.717) is 0 Å². The van der Waals surface area contributed by atoms with Gasteiger partial charge in [-0.05, 0) is 48.6 Å². The number of nitrogens with zero attached hydrogens (tertiary/aromatic N) is 1. The highest BCUT2D eigenvalue weighted by Gasteiger charge is 2.19. The van der Waals surface area contributed by atoms with Crippen LogP contribution in [0.15, 0.2) is 18.5 Å². The van der Waals surface area contributed by atoms with Crippen molar-refractivity contribution in [3.8, 4) is 0 Å². The minimum atomic E-state index is 0.801. The second kappa shape index (κ2) is 5.86.